The van der Waals surface area contributed by atoms with Crippen molar-refractivity contribution in [3.8, 4) is 5.75 Å². The summed E-state index contributed by atoms with van der Waals surface area (Å²) in [5, 5.41) is 12.3. The summed E-state index contributed by atoms with van der Waals surface area (Å²) in [6.45, 7) is 2.60. The maximum atomic E-state index is 12.4. The van der Waals surface area contributed by atoms with Gasteiger partial charge in [0, 0.05) is 23.9 Å². The van der Waals surface area contributed by atoms with Crippen LogP contribution in [0, 0.1) is 5.92 Å². The van der Waals surface area contributed by atoms with Crippen LogP contribution >= 0.6 is 12.4 Å². The van der Waals surface area contributed by atoms with Crippen LogP contribution in [0.15, 0.2) is 54.6 Å². The number of benzene rings is 2. The normalized spacial score (nSPS) is 22.6. The molecule has 2 aromatic rings. The zero-order valence-corrected chi connectivity index (χ0v) is 15.1. The molecule has 0 saturated heterocycles. The fourth-order valence-corrected chi connectivity index (χ4v) is 3.25. The quantitative estimate of drug-likeness (QED) is 0.741. The van der Waals surface area contributed by atoms with E-state index in [2.05, 4.69) is 24.4 Å². The van der Waals surface area contributed by atoms with Crippen molar-refractivity contribution in [2.75, 3.05) is 6.54 Å². The number of carbonyl (C=O) groups excluding carboxylic acids is 1. The number of nitrogens with one attached hydrogen (secondary N) is 1. The van der Waals surface area contributed by atoms with Crippen LogP contribution in [0.4, 0.5) is 0 Å². The van der Waals surface area contributed by atoms with Crippen LogP contribution in [0.2, 0.25) is 0 Å². The number of phenolic OH excluding ortho intramolecular Hbond substituents is 1. The first-order valence-corrected chi connectivity index (χ1v) is 8.36. The number of rotatable bonds is 6. The lowest BCUT2D eigenvalue weighted by Crippen LogP contribution is -2.40. The summed E-state index contributed by atoms with van der Waals surface area (Å²) in [4.78, 5) is 12.4. The number of hydrogen-bond donors (Lipinski definition) is 3. The molecule has 0 unspecified atom stereocenters. The van der Waals surface area contributed by atoms with Gasteiger partial charge in [-0.25, -0.2) is 0 Å². The molecule has 134 valence electrons. The van der Waals surface area contributed by atoms with Crippen molar-refractivity contribution in [3.05, 3.63) is 65.7 Å². The van der Waals surface area contributed by atoms with Gasteiger partial charge in [0.15, 0.2) is 0 Å². The Morgan fingerprint density at radius 2 is 1.88 bits per heavy atom. The molecular formula is C20H25ClN2O2. The molecule has 0 bridgehead atoms. The van der Waals surface area contributed by atoms with Crippen LogP contribution < -0.4 is 11.1 Å². The minimum Gasteiger partial charge on any atom is -0.508 e. The van der Waals surface area contributed by atoms with Gasteiger partial charge < -0.3 is 16.2 Å². The Kier molecular flexibility index (Phi) is 6.09. The Hall–Kier alpha value is -2.04. The van der Waals surface area contributed by atoms with Gasteiger partial charge in [0.25, 0.3) is 0 Å². The Morgan fingerprint density at radius 1 is 1.24 bits per heavy atom. The van der Waals surface area contributed by atoms with Crippen molar-refractivity contribution >= 4 is 18.3 Å². The van der Waals surface area contributed by atoms with Crippen molar-refractivity contribution in [3.63, 3.8) is 0 Å². The van der Waals surface area contributed by atoms with Crippen LogP contribution in [0.5, 0.6) is 5.75 Å². The molecule has 3 atom stereocenters. The van der Waals surface area contributed by atoms with E-state index in [1.165, 1.54) is 5.56 Å². The summed E-state index contributed by atoms with van der Waals surface area (Å²) in [6, 6.07) is 17.1. The SMILES string of the molecule is C[C@@]1(c2ccccc2)C[C@H]1C(=O)NC[C@@H](N)Cc1ccc(O)cc1.Cl. The average Bonchev–Trinajstić information content (AvgIpc) is 3.29. The second-order valence-corrected chi connectivity index (χ2v) is 6.92. The van der Waals surface area contributed by atoms with Crippen LogP contribution in [-0.2, 0) is 16.6 Å². The van der Waals surface area contributed by atoms with E-state index in [1.54, 1.807) is 12.1 Å². The molecule has 25 heavy (non-hydrogen) atoms. The molecule has 4 nitrogen and oxygen atoms in total. The van der Waals surface area contributed by atoms with Crippen molar-refractivity contribution in [1.29, 1.82) is 0 Å². The van der Waals surface area contributed by atoms with E-state index in [4.69, 9.17) is 5.73 Å². The third-order valence-electron chi connectivity index (χ3n) is 4.96. The highest BCUT2D eigenvalue weighted by atomic mass is 35.5. The lowest BCUT2D eigenvalue weighted by atomic mass is 9.95. The number of halogens is 1. The largest absolute Gasteiger partial charge is 0.508 e. The number of carbonyl (C=O) groups is 1. The van der Waals surface area contributed by atoms with Crippen molar-refractivity contribution < 1.29 is 9.90 Å². The van der Waals surface area contributed by atoms with Gasteiger partial charge in [-0.1, -0.05) is 49.4 Å². The highest BCUT2D eigenvalue weighted by Gasteiger charge is 2.55. The first-order chi connectivity index (χ1) is 11.5. The van der Waals surface area contributed by atoms with E-state index in [-0.39, 0.29) is 41.4 Å². The zero-order chi connectivity index (χ0) is 17.2. The van der Waals surface area contributed by atoms with E-state index in [0.717, 1.165) is 12.0 Å². The minimum atomic E-state index is -0.139. The molecule has 1 saturated carbocycles. The van der Waals surface area contributed by atoms with Gasteiger partial charge in [0.2, 0.25) is 5.91 Å². The predicted molar refractivity (Wildman–Crippen MR) is 102 cm³/mol. The Morgan fingerprint density at radius 3 is 2.52 bits per heavy atom. The fourth-order valence-electron chi connectivity index (χ4n) is 3.25. The van der Waals surface area contributed by atoms with Crippen LogP contribution in [0.3, 0.4) is 0 Å². The zero-order valence-electron chi connectivity index (χ0n) is 14.3. The second-order valence-electron chi connectivity index (χ2n) is 6.92. The molecule has 1 aliphatic carbocycles. The van der Waals surface area contributed by atoms with Gasteiger partial charge in [0.05, 0.1) is 0 Å². The van der Waals surface area contributed by atoms with E-state index < -0.39 is 0 Å². The lowest BCUT2D eigenvalue weighted by Gasteiger charge is -2.15. The molecule has 1 fully saturated rings. The number of nitrogens with two attached hydrogens (primary N) is 1. The molecule has 0 aromatic heterocycles. The van der Waals surface area contributed by atoms with Crippen LogP contribution in [0.1, 0.15) is 24.5 Å². The standard InChI is InChI=1S/C20H24N2O2.ClH/c1-20(15-5-3-2-4-6-15)12-18(20)19(24)22-13-16(21)11-14-7-9-17(23)10-8-14;/h2-10,16,18,23H,11-13,21H2,1H3,(H,22,24);1H/t16-,18-,20-;/m0./s1. The summed E-state index contributed by atoms with van der Waals surface area (Å²) < 4.78 is 0. The molecule has 0 aliphatic heterocycles. The molecule has 1 aliphatic rings. The van der Waals surface area contributed by atoms with E-state index in [1.807, 2.05) is 30.3 Å². The highest BCUT2D eigenvalue weighted by molar-refractivity contribution is 5.85. The smallest absolute Gasteiger partial charge is 0.224 e. The summed E-state index contributed by atoms with van der Waals surface area (Å²) in [5.74, 6) is 0.359. The Bertz CT molecular complexity index is 705. The van der Waals surface area contributed by atoms with Gasteiger partial charge >= 0.3 is 0 Å². The first kappa shape index (κ1) is 19.3. The monoisotopic (exact) mass is 360 g/mol. The van der Waals surface area contributed by atoms with Gasteiger partial charge in [-0.2, -0.15) is 0 Å². The minimum absolute atomic E-state index is 0. The molecular weight excluding hydrogens is 336 g/mol. The first-order valence-electron chi connectivity index (χ1n) is 8.36. The molecule has 0 spiro atoms. The maximum absolute atomic E-state index is 12.4. The van der Waals surface area contributed by atoms with E-state index in [0.29, 0.717) is 13.0 Å². The highest BCUT2D eigenvalue weighted by Crippen LogP contribution is 2.53. The number of aromatic hydroxyl groups is 1. The Balaban J connectivity index is 0.00000225. The summed E-state index contributed by atoms with van der Waals surface area (Å²) in [7, 11) is 0. The molecule has 0 radical (unpaired) electrons. The number of amides is 1. The van der Waals surface area contributed by atoms with E-state index >= 15 is 0 Å². The predicted octanol–water partition coefficient (Wildman–Crippen LogP) is 2.78. The third kappa shape index (κ3) is 4.53. The molecule has 2 aromatic carbocycles. The van der Waals surface area contributed by atoms with Crippen LogP contribution in [-0.4, -0.2) is 23.6 Å². The fraction of sp³-hybridized carbons (Fsp3) is 0.350. The molecule has 1 amide bonds. The maximum Gasteiger partial charge on any atom is 0.224 e. The summed E-state index contributed by atoms with van der Waals surface area (Å²) >= 11 is 0. The van der Waals surface area contributed by atoms with Crippen molar-refractivity contribution in [1.82, 2.24) is 5.32 Å². The summed E-state index contributed by atoms with van der Waals surface area (Å²) in [5.41, 5.74) is 8.34. The van der Waals surface area contributed by atoms with Gasteiger partial charge in [-0.15, -0.1) is 12.4 Å². The van der Waals surface area contributed by atoms with Gasteiger partial charge in [-0.3, -0.25) is 4.79 Å². The van der Waals surface area contributed by atoms with Gasteiger partial charge in [-0.05, 0) is 36.1 Å². The van der Waals surface area contributed by atoms with Crippen molar-refractivity contribution in [2.45, 2.75) is 31.2 Å². The van der Waals surface area contributed by atoms with Crippen molar-refractivity contribution in [2.24, 2.45) is 11.7 Å². The number of hydrogen-bond acceptors (Lipinski definition) is 3. The third-order valence-corrected chi connectivity index (χ3v) is 4.96. The summed E-state index contributed by atoms with van der Waals surface area (Å²) in [6.07, 6.45) is 1.55. The molecule has 3 rings (SSSR count). The Labute approximate surface area is 154 Å². The molecule has 5 heteroatoms. The van der Waals surface area contributed by atoms with Crippen LogP contribution in [0.25, 0.3) is 0 Å². The van der Waals surface area contributed by atoms with Gasteiger partial charge in [0.1, 0.15) is 5.75 Å². The lowest BCUT2D eigenvalue weighted by molar-refractivity contribution is -0.122. The number of phenols is 1. The average molecular weight is 361 g/mol. The molecule has 0 heterocycles. The van der Waals surface area contributed by atoms with E-state index in [9.17, 15) is 9.90 Å². The molecule has 4 N–H and O–H groups in total. The topological polar surface area (TPSA) is 75.4 Å². The second kappa shape index (κ2) is 7.89.